The summed E-state index contributed by atoms with van der Waals surface area (Å²) in [5, 5.41) is 11.2. The van der Waals surface area contributed by atoms with Crippen LogP contribution >= 0.6 is 0 Å². The summed E-state index contributed by atoms with van der Waals surface area (Å²) in [5.41, 5.74) is 0. The van der Waals surface area contributed by atoms with E-state index in [0.717, 1.165) is 19.5 Å². The van der Waals surface area contributed by atoms with Crippen molar-refractivity contribution in [3.63, 3.8) is 0 Å². The van der Waals surface area contributed by atoms with E-state index in [1.807, 2.05) is 0 Å². The van der Waals surface area contributed by atoms with Gasteiger partial charge in [0.25, 0.3) is 0 Å². The summed E-state index contributed by atoms with van der Waals surface area (Å²) in [6.45, 7) is 6.30. The maximum atomic E-state index is 11.8. The van der Waals surface area contributed by atoms with E-state index in [1.54, 1.807) is 11.9 Å². The van der Waals surface area contributed by atoms with E-state index in [0.29, 0.717) is 12.6 Å². The van der Waals surface area contributed by atoms with Gasteiger partial charge in [-0.2, -0.15) is 0 Å². The first-order chi connectivity index (χ1) is 8.45. The average Bonchev–Trinajstić information content (AvgIpc) is 2.75. The highest BCUT2D eigenvalue weighted by molar-refractivity contribution is 5.82. The molecule has 2 N–H and O–H groups in total. The zero-order chi connectivity index (χ0) is 13.7. The minimum absolute atomic E-state index is 0.326. The molecule has 0 saturated carbocycles. The summed E-state index contributed by atoms with van der Waals surface area (Å²) < 4.78 is 0. The van der Waals surface area contributed by atoms with Gasteiger partial charge in [-0.15, -0.1) is 0 Å². The van der Waals surface area contributed by atoms with Crippen LogP contribution in [0.25, 0.3) is 0 Å². The van der Waals surface area contributed by atoms with Gasteiger partial charge in [0.05, 0.1) is 0 Å². The molecule has 2 atom stereocenters. The number of hydrogen-bond acceptors (Lipinski definition) is 3. The number of likely N-dealkylation sites (N-methyl/N-ethyl adjacent to an activating group) is 2. The van der Waals surface area contributed by atoms with Gasteiger partial charge in [0, 0.05) is 19.6 Å². The largest absolute Gasteiger partial charge is 0.480 e. The van der Waals surface area contributed by atoms with Gasteiger partial charge in [0.15, 0.2) is 0 Å². The summed E-state index contributed by atoms with van der Waals surface area (Å²) in [5.74, 6) is -1.02. The number of carboxylic acid groups (broad SMARTS) is 1. The molecule has 6 heteroatoms. The summed E-state index contributed by atoms with van der Waals surface area (Å²) >= 11 is 0. The lowest BCUT2D eigenvalue weighted by Crippen LogP contribution is -2.48. The van der Waals surface area contributed by atoms with Crippen LogP contribution in [-0.2, 0) is 4.79 Å². The van der Waals surface area contributed by atoms with Gasteiger partial charge in [0.2, 0.25) is 0 Å². The fraction of sp³-hybridized carbons (Fsp3) is 0.833. The Bertz CT molecular complexity index is 309. The smallest absolute Gasteiger partial charge is 0.325 e. The second-order valence-electron chi connectivity index (χ2n) is 4.81. The maximum absolute atomic E-state index is 11.8. The van der Waals surface area contributed by atoms with Crippen molar-refractivity contribution in [2.24, 2.45) is 0 Å². The molecular weight excluding hydrogens is 234 g/mol. The van der Waals surface area contributed by atoms with Crippen molar-refractivity contribution in [2.75, 3.05) is 26.7 Å². The number of amides is 2. The zero-order valence-corrected chi connectivity index (χ0v) is 11.3. The van der Waals surface area contributed by atoms with E-state index in [4.69, 9.17) is 5.11 Å². The van der Waals surface area contributed by atoms with Crippen molar-refractivity contribution in [2.45, 2.75) is 38.8 Å². The number of aliphatic carboxylic acids is 1. The number of likely N-dealkylation sites (tertiary alicyclic amines) is 1. The van der Waals surface area contributed by atoms with Gasteiger partial charge in [0.1, 0.15) is 6.04 Å². The molecule has 1 saturated heterocycles. The number of nitrogens with zero attached hydrogens (tertiary/aromatic N) is 2. The molecule has 0 aromatic heterocycles. The predicted molar refractivity (Wildman–Crippen MR) is 68.5 cm³/mol. The first-order valence-electron chi connectivity index (χ1n) is 6.44. The summed E-state index contributed by atoms with van der Waals surface area (Å²) in [7, 11) is 1.70. The normalized spacial score (nSPS) is 21.6. The number of urea groups is 1. The molecular formula is C12H23N3O3. The van der Waals surface area contributed by atoms with Crippen molar-refractivity contribution < 1.29 is 14.7 Å². The van der Waals surface area contributed by atoms with Crippen LogP contribution in [0.4, 0.5) is 4.79 Å². The Morgan fingerprint density at radius 1 is 1.56 bits per heavy atom. The van der Waals surface area contributed by atoms with E-state index in [1.165, 1.54) is 13.3 Å². The highest BCUT2D eigenvalue weighted by Gasteiger charge is 2.26. The van der Waals surface area contributed by atoms with Crippen molar-refractivity contribution >= 4 is 12.0 Å². The monoisotopic (exact) mass is 257 g/mol. The minimum Gasteiger partial charge on any atom is -0.480 e. The quantitative estimate of drug-likeness (QED) is 0.756. The highest BCUT2D eigenvalue weighted by atomic mass is 16.4. The van der Waals surface area contributed by atoms with Crippen LogP contribution in [0.2, 0.25) is 0 Å². The Balaban J connectivity index is 2.42. The van der Waals surface area contributed by atoms with E-state index >= 15 is 0 Å². The van der Waals surface area contributed by atoms with Crippen molar-refractivity contribution in [1.29, 1.82) is 0 Å². The van der Waals surface area contributed by atoms with Crippen LogP contribution in [0, 0.1) is 0 Å². The Morgan fingerprint density at radius 3 is 2.78 bits per heavy atom. The summed E-state index contributed by atoms with van der Waals surface area (Å²) in [4.78, 5) is 26.4. The highest BCUT2D eigenvalue weighted by Crippen LogP contribution is 2.17. The number of nitrogens with one attached hydrogen (secondary N) is 1. The first kappa shape index (κ1) is 14.8. The number of hydrogen-bond donors (Lipinski definition) is 2. The van der Waals surface area contributed by atoms with Crippen LogP contribution in [0.5, 0.6) is 0 Å². The molecule has 104 valence electrons. The molecule has 1 aliphatic heterocycles. The second kappa shape index (κ2) is 6.58. The van der Waals surface area contributed by atoms with E-state index in [2.05, 4.69) is 17.1 Å². The Morgan fingerprint density at radius 2 is 2.22 bits per heavy atom. The average molecular weight is 257 g/mol. The molecule has 1 heterocycles. The first-order valence-corrected chi connectivity index (χ1v) is 6.44. The second-order valence-corrected chi connectivity index (χ2v) is 4.81. The van der Waals surface area contributed by atoms with E-state index < -0.39 is 12.0 Å². The fourth-order valence-corrected chi connectivity index (χ4v) is 2.27. The Kier molecular flexibility index (Phi) is 5.40. The molecule has 2 amide bonds. The third-order valence-corrected chi connectivity index (χ3v) is 3.45. The molecule has 0 bridgehead atoms. The lowest BCUT2D eigenvalue weighted by atomic mass is 10.2. The molecule has 6 nitrogen and oxygen atoms in total. The lowest BCUT2D eigenvalue weighted by Gasteiger charge is -2.28. The van der Waals surface area contributed by atoms with Crippen LogP contribution in [0.15, 0.2) is 0 Å². The standard InChI is InChI=1S/C12H23N3O3/c1-4-15-7-5-6-10(15)8-14(3)12(18)13-9(2)11(16)17/h9-10H,4-8H2,1-3H3,(H,13,18)(H,16,17)/t9-,10?/m0/s1. The third kappa shape index (κ3) is 3.87. The number of carboxylic acids is 1. The number of carbonyl (C=O) groups excluding carboxylic acids is 1. The molecule has 0 aromatic carbocycles. The third-order valence-electron chi connectivity index (χ3n) is 3.45. The molecule has 0 aliphatic carbocycles. The minimum atomic E-state index is -1.02. The van der Waals surface area contributed by atoms with Gasteiger partial charge >= 0.3 is 12.0 Å². The van der Waals surface area contributed by atoms with Crippen molar-refractivity contribution in [3.8, 4) is 0 Å². The van der Waals surface area contributed by atoms with Crippen molar-refractivity contribution in [1.82, 2.24) is 15.1 Å². The summed E-state index contributed by atoms with van der Waals surface area (Å²) in [6.07, 6.45) is 2.26. The molecule has 1 fully saturated rings. The van der Waals surface area contributed by atoms with Crippen molar-refractivity contribution in [3.05, 3.63) is 0 Å². The predicted octanol–water partition coefficient (Wildman–Crippen LogP) is 0.585. The molecule has 18 heavy (non-hydrogen) atoms. The fourth-order valence-electron chi connectivity index (χ4n) is 2.27. The Labute approximate surface area is 108 Å². The van der Waals surface area contributed by atoms with Gasteiger partial charge in [-0.25, -0.2) is 4.79 Å². The topological polar surface area (TPSA) is 72.9 Å². The Hall–Kier alpha value is -1.30. The van der Waals surface area contributed by atoms with Crippen LogP contribution < -0.4 is 5.32 Å². The molecule has 0 spiro atoms. The lowest BCUT2D eigenvalue weighted by molar-refractivity contribution is -0.138. The van der Waals surface area contributed by atoms with Gasteiger partial charge in [-0.3, -0.25) is 9.69 Å². The van der Waals surface area contributed by atoms with E-state index in [9.17, 15) is 9.59 Å². The van der Waals surface area contributed by atoms with Gasteiger partial charge in [-0.05, 0) is 32.9 Å². The molecule has 1 unspecified atom stereocenters. The maximum Gasteiger partial charge on any atom is 0.325 e. The SMILES string of the molecule is CCN1CCCC1CN(C)C(=O)N[C@@H](C)C(=O)O. The molecule has 0 aromatic rings. The summed E-state index contributed by atoms with van der Waals surface area (Å²) in [6, 6.07) is -0.787. The van der Waals surface area contributed by atoms with E-state index in [-0.39, 0.29) is 6.03 Å². The number of carbonyl (C=O) groups is 2. The zero-order valence-electron chi connectivity index (χ0n) is 11.3. The van der Waals surface area contributed by atoms with Gasteiger partial charge < -0.3 is 15.3 Å². The van der Waals surface area contributed by atoms with Crippen LogP contribution in [-0.4, -0.2) is 65.7 Å². The van der Waals surface area contributed by atoms with Crippen LogP contribution in [0.1, 0.15) is 26.7 Å². The molecule has 1 rings (SSSR count). The molecule has 1 aliphatic rings. The van der Waals surface area contributed by atoms with Crippen LogP contribution in [0.3, 0.4) is 0 Å². The molecule has 0 radical (unpaired) electrons. The van der Waals surface area contributed by atoms with Gasteiger partial charge in [-0.1, -0.05) is 6.92 Å². The number of rotatable bonds is 5.